The highest BCUT2D eigenvalue weighted by Crippen LogP contribution is 2.33. The van der Waals surface area contributed by atoms with Crippen molar-refractivity contribution < 1.29 is 32.9 Å². The Labute approximate surface area is 233 Å². The zero-order chi connectivity index (χ0) is 29.3. The number of amides is 1. The smallest absolute Gasteiger partial charge is 0.387 e. The number of anilines is 3. The van der Waals surface area contributed by atoms with Gasteiger partial charge in [-0.25, -0.2) is 4.98 Å². The number of halogens is 3. The molecule has 4 atom stereocenters. The molecule has 2 aliphatic rings. The first-order valence-electron chi connectivity index (χ1n) is 13.2. The van der Waals surface area contributed by atoms with Gasteiger partial charge in [-0.3, -0.25) is 14.3 Å². The Bertz CT molecular complexity index is 1360. The molecule has 0 unspecified atom stereocenters. The van der Waals surface area contributed by atoms with Crippen LogP contribution < -0.4 is 21.3 Å². The molecule has 41 heavy (non-hydrogen) atoms. The number of nitrogens with zero attached hydrogens (tertiary/aromatic N) is 6. The van der Waals surface area contributed by atoms with Crippen LogP contribution in [-0.4, -0.2) is 105 Å². The van der Waals surface area contributed by atoms with Gasteiger partial charge in [-0.1, -0.05) is 0 Å². The molecule has 222 valence electrons. The number of hydrogen-bond donors (Lipinski definition) is 5. The molecule has 0 radical (unpaired) electrons. The van der Waals surface area contributed by atoms with Crippen molar-refractivity contribution in [1.29, 1.82) is 0 Å². The summed E-state index contributed by atoms with van der Waals surface area (Å²) in [5.41, 5.74) is 6.74. The molecule has 2 saturated heterocycles. The summed E-state index contributed by atoms with van der Waals surface area (Å²) in [4.78, 5) is 29.5. The number of aliphatic hydroxyl groups excluding tert-OH is 2. The van der Waals surface area contributed by atoms with E-state index in [9.17, 15) is 28.2 Å². The van der Waals surface area contributed by atoms with Crippen molar-refractivity contribution in [3.8, 4) is 0 Å². The van der Waals surface area contributed by atoms with Crippen molar-refractivity contribution in [2.75, 3.05) is 61.8 Å². The highest BCUT2D eigenvalue weighted by molar-refractivity contribution is 5.83. The van der Waals surface area contributed by atoms with Crippen molar-refractivity contribution in [2.45, 2.75) is 37.6 Å². The van der Waals surface area contributed by atoms with Gasteiger partial charge in [0.2, 0.25) is 5.95 Å². The predicted octanol–water partition coefficient (Wildman–Crippen LogP) is 0.417. The fourth-order valence-electron chi connectivity index (χ4n) is 5.00. The SMILES string of the molecule is CCNC(=O)[C@H]1O[C@@H](n2cnc3c(N)nc(NCCN4CCN(c5ccc(C(F)(F)F)cc5)CC4)nc32)[C@H](O)[C@@H]1O. The number of benzene rings is 1. The van der Waals surface area contributed by atoms with Gasteiger partial charge in [-0.15, -0.1) is 0 Å². The number of aromatic nitrogens is 4. The Morgan fingerprint density at radius 3 is 2.49 bits per heavy atom. The lowest BCUT2D eigenvalue weighted by atomic mass is 10.1. The Hall–Kier alpha value is -3.73. The summed E-state index contributed by atoms with van der Waals surface area (Å²) in [5, 5.41) is 26.7. The molecule has 2 aromatic heterocycles. The van der Waals surface area contributed by atoms with E-state index < -0.39 is 42.2 Å². The van der Waals surface area contributed by atoms with E-state index in [0.717, 1.165) is 30.9 Å². The van der Waals surface area contributed by atoms with Crippen LogP contribution in [0.5, 0.6) is 0 Å². The number of nitrogens with two attached hydrogens (primary N) is 1. The molecule has 2 aliphatic heterocycles. The molecule has 0 spiro atoms. The molecule has 3 aromatic rings. The van der Waals surface area contributed by atoms with Gasteiger partial charge < -0.3 is 36.2 Å². The number of fused-ring (bicyclic) bond motifs is 1. The number of aliphatic hydroxyl groups is 2. The first-order chi connectivity index (χ1) is 19.6. The van der Waals surface area contributed by atoms with Crippen LogP contribution in [0, 0.1) is 0 Å². The third kappa shape index (κ3) is 6.00. The topological polar surface area (TPSA) is 167 Å². The van der Waals surface area contributed by atoms with E-state index in [1.807, 2.05) is 0 Å². The maximum atomic E-state index is 12.8. The van der Waals surface area contributed by atoms with E-state index in [4.69, 9.17) is 10.5 Å². The number of alkyl halides is 3. The number of imidazole rings is 1. The maximum absolute atomic E-state index is 12.8. The van der Waals surface area contributed by atoms with Gasteiger partial charge in [-0.05, 0) is 31.2 Å². The molecule has 2 fully saturated rings. The average molecular weight is 580 g/mol. The Morgan fingerprint density at radius 2 is 1.83 bits per heavy atom. The average Bonchev–Trinajstić information content (AvgIpc) is 3.49. The number of ether oxygens (including phenoxy) is 1. The van der Waals surface area contributed by atoms with Gasteiger partial charge in [0.15, 0.2) is 23.8 Å². The zero-order valence-corrected chi connectivity index (χ0v) is 22.3. The summed E-state index contributed by atoms with van der Waals surface area (Å²) in [5.74, 6) is -0.203. The highest BCUT2D eigenvalue weighted by atomic mass is 19.4. The van der Waals surface area contributed by atoms with Crippen LogP contribution in [0.15, 0.2) is 30.6 Å². The minimum atomic E-state index is -4.35. The number of carbonyl (C=O) groups excluding carboxylic acids is 1. The largest absolute Gasteiger partial charge is 0.416 e. The molecular weight excluding hydrogens is 547 g/mol. The first kappa shape index (κ1) is 28.8. The molecule has 6 N–H and O–H groups in total. The van der Waals surface area contributed by atoms with Gasteiger partial charge in [-0.2, -0.15) is 23.1 Å². The molecule has 5 rings (SSSR count). The highest BCUT2D eigenvalue weighted by Gasteiger charge is 2.47. The second-order valence-corrected chi connectivity index (χ2v) is 9.88. The fourth-order valence-corrected chi connectivity index (χ4v) is 5.00. The predicted molar refractivity (Wildman–Crippen MR) is 143 cm³/mol. The van der Waals surface area contributed by atoms with Crippen molar-refractivity contribution in [3.63, 3.8) is 0 Å². The van der Waals surface area contributed by atoms with E-state index in [0.29, 0.717) is 32.7 Å². The van der Waals surface area contributed by atoms with Gasteiger partial charge in [0, 0.05) is 51.5 Å². The molecular formula is C25H32F3N9O4. The summed E-state index contributed by atoms with van der Waals surface area (Å²) < 4.78 is 45.6. The van der Waals surface area contributed by atoms with Gasteiger partial charge in [0.05, 0.1) is 11.9 Å². The maximum Gasteiger partial charge on any atom is 0.416 e. The van der Waals surface area contributed by atoms with Crippen molar-refractivity contribution in [2.24, 2.45) is 0 Å². The number of carbonyl (C=O) groups is 1. The first-order valence-corrected chi connectivity index (χ1v) is 13.2. The number of nitrogen functional groups attached to an aromatic ring is 1. The van der Waals surface area contributed by atoms with Crippen LogP contribution >= 0.6 is 0 Å². The van der Waals surface area contributed by atoms with Crippen molar-refractivity contribution in [3.05, 3.63) is 36.2 Å². The summed E-state index contributed by atoms with van der Waals surface area (Å²) in [6.45, 7) is 6.01. The summed E-state index contributed by atoms with van der Waals surface area (Å²) in [6.07, 6.45) is -8.23. The molecule has 1 amide bonds. The van der Waals surface area contributed by atoms with Gasteiger partial charge in [0.1, 0.15) is 17.7 Å². The number of nitrogens with one attached hydrogen (secondary N) is 2. The van der Waals surface area contributed by atoms with Crippen LogP contribution in [0.2, 0.25) is 0 Å². The van der Waals surface area contributed by atoms with Crippen LogP contribution in [0.4, 0.5) is 30.6 Å². The number of hydrogen-bond acceptors (Lipinski definition) is 11. The fraction of sp³-hybridized carbons (Fsp3) is 0.520. The van der Waals surface area contributed by atoms with Crippen LogP contribution in [0.25, 0.3) is 11.2 Å². The number of piperazine rings is 1. The molecule has 4 heterocycles. The Balaban J connectivity index is 1.18. The minimum Gasteiger partial charge on any atom is -0.387 e. The lowest BCUT2D eigenvalue weighted by Crippen LogP contribution is -2.47. The summed E-state index contributed by atoms with van der Waals surface area (Å²) in [6, 6.07) is 5.20. The van der Waals surface area contributed by atoms with Crippen LogP contribution in [0.1, 0.15) is 18.7 Å². The van der Waals surface area contributed by atoms with Crippen LogP contribution in [-0.2, 0) is 15.7 Å². The summed E-state index contributed by atoms with van der Waals surface area (Å²) in [7, 11) is 0. The molecule has 0 saturated carbocycles. The van der Waals surface area contributed by atoms with Crippen molar-refractivity contribution in [1.82, 2.24) is 29.7 Å². The number of rotatable bonds is 8. The van der Waals surface area contributed by atoms with E-state index in [2.05, 4.69) is 35.4 Å². The lowest BCUT2D eigenvalue weighted by Gasteiger charge is -2.36. The summed E-state index contributed by atoms with van der Waals surface area (Å²) >= 11 is 0. The van der Waals surface area contributed by atoms with Crippen molar-refractivity contribution >= 4 is 34.5 Å². The normalized spacial score (nSPS) is 23.7. The van der Waals surface area contributed by atoms with E-state index in [1.165, 1.54) is 23.0 Å². The molecule has 13 nitrogen and oxygen atoms in total. The van der Waals surface area contributed by atoms with Crippen LogP contribution in [0.3, 0.4) is 0 Å². The Morgan fingerprint density at radius 1 is 1.12 bits per heavy atom. The molecule has 0 aliphatic carbocycles. The zero-order valence-electron chi connectivity index (χ0n) is 22.3. The quantitative estimate of drug-likeness (QED) is 0.251. The lowest BCUT2D eigenvalue weighted by molar-refractivity contribution is -0.138. The van der Waals surface area contributed by atoms with E-state index in [-0.39, 0.29) is 22.9 Å². The number of likely N-dealkylation sites (N-methyl/N-ethyl adjacent to an activating group) is 1. The third-order valence-corrected chi connectivity index (χ3v) is 7.21. The second-order valence-electron chi connectivity index (χ2n) is 9.88. The van der Waals surface area contributed by atoms with Gasteiger partial charge in [0.25, 0.3) is 5.91 Å². The Kier molecular flexibility index (Phi) is 8.17. The molecule has 1 aromatic carbocycles. The third-order valence-electron chi connectivity index (χ3n) is 7.21. The second kappa shape index (κ2) is 11.6. The monoisotopic (exact) mass is 579 g/mol. The molecule has 16 heteroatoms. The molecule has 0 bridgehead atoms. The van der Waals surface area contributed by atoms with E-state index >= 15 is 0 Å². The minimum absolute atomic E-state index is 0.106. The van der Waals surface area contributed by atoms with Gasteiger partial charge >= 0.3 is 6.18 Å². The standard InChI is InChI=1S/C25H32F3N9O4/c1-2-30-22(40)19-17(38)18(39)23(41-19)37-13-32-16-20(29)33-24(34-21(16)37)31-7-8-35-9-11-36(12-10-35)15-5-3-14(4-6-15)25(26,27)28/h3-6,13,17-19,23,38-39H,2,7-12H2,1H3,(H,30,40)(H3,29,31,33,34)/t17-,18+,19-,23+/m0/s1. The van der Waals surface area contributed by atoms with E-state index in [1.54, 1.807) is 6.92 Å².